The van der Waals surface area contributed by atoms with E-state index in [0.717, 1.165) is 61.5 Å². The lowest BCUT2D eigenvalue weighted by Gasteiger charge is -2.21. The van der Waals surface area contributed by atoms with Crippen LogP contribution in [0.25, 0.3) is 5.65 Å². The number of fused-ring (bicyclic) bond motifs is 2. The maximum atomic E-state index is 4.78. The van der Waals surface area contributed by atoms with Crippen LogP contribution in [0, 0.1) is 25.7 Å². The fourth-order valence-corrected chi connectivity index (χ4v) is 3.71. The molecule has 0 amide bonds. The molecule has 5 nitrogen and oxygen atoms in total. The first-order valence-corrected chi connectivity index (χ1v) is 7.99. The van der Waals surface area contributed by atoms with E-state index in [4.69, 9.17) is 10.1 Å². The highest BCUT2D eigenvalue weighted by molar-refractivity contribution is 5.57. The number of rotatable bonds is 2. The van der Waals surface area contributed by atoms with E-state index in [2.05, 4.69) is 41.6 Å². The summed E-state index contributed by atoms with van der Waals surface area (Å²) in [5.74, 6) is 2.80. The monoisotopic (exact) mass is 285 g/mol. The SMILES string of the molecule is CCc1cc(N2C[C@H]3CNC[C@H]3C2)n2nc(C)c(C)c2n1. The first-order valence-electron chi connectivity index (χ1n) is 7.99. The largest absolute Gasteiger partial charge is 0.356 e. The Morgan fingerprint density at radius 3 is 2.62 bits per heavy atom. The Bertz CT molecular complexity index is 678. The summed E-state index contributed by atoms with van der Waals surface area (Å²) in [5.41, 5.74) is 4.47. The van der Waals surface area contributed by atoms with Gasteiger partial charge >= 0.3 is 0 Å². The molecular weight excluding hydrogens is 262 g/mol. The molecule has 0 aromatic carbocycles. The van der Waals surface area contributed by atoms with Crippen molar-refractivity contribution in [2.75, 3.05) is 31.1 Å². The normalized spacial score (nSPS) is 25.0. The van der Waals surface area contributed by atoms with Crippen molar-refractivity contribution in [2.24, 2.45) is 11.8 Å². The van der Waals surface area contributed by atoms with E-state index >= 15 is 0 Å². The van der Waals surface area contributed by atoms with E-state index < -0.39 is 0 Å². The standard InChI is InChI=1S/C16H23N5/c1-4-14-5-15(20-8-12-6-17-7-13(12)9-20)21-16(18-14)10(2)11(3)19-21/h5,12-13,17H,4,6-9H2,1-3H3/t12-,13+. The molecule has 112 valence electrons. The van der Waals surface area contributed by atoms with Crippen molar-refractivity contribution in [1.29, 1.82) is 0 Å². The lowest BCUT2D eigenvalue weighted by atomic mass is 10.0. The quantitative estimate of drug-likeness (QED) is 0.909. The molecule has 2 aliphatic heterocycles. The maximum absolute atomic E-state index is 4.78. The third-order valence-corrected chi connectivity index (χ3v) is 5.17. The number of nitrogens with one attached hydrogen (secondary N) is 1. The van der Waals surface area contributed by atoms with Gasteiger partial charge in [0.1, 0.15) is 5.82 Å². The van der Waals surface area contributed by atoms with E-state index in [9.17, 15) is 0 Å². The molecule has 2 saturated heterocycles. The molecule has 0 spiro atoms. The Hall–Kier alpha value is -1.62. The van der Waals surface area contributed by atoms with Crippen molar-refractivity contribution in [1.82, 2.24) is 19.9 Å². The highest BCUT2D eigenvalue weighted by Gasteiger charge is 2.37. The van der Waals surface area contributed by atoms with Crippen LogP contribution in [0.2, 0.25) is 0 Å². The summed E-state index contributed by atoms with van der Waals surface area (Å²) in [5, 5.41) is 8.23. The average molecular weight is 285 g/mol. The molecule has 0 bridgehead atoms. The van der Waals surface area contributed by atoms with Crippen LogP contribution in [-0.2, 0) is 6.42 Å². The molecule has 4 heterocycles. The zero-order chi connectivity index (χ0) is 14.6. The lowest BCUT2D eigenvalue weighted by molar-refractivity contribution is 0.533. The lowest BCUT2D eigenvalue weighted by Crippen LogP contribution is -2.27. The highest BCUT2D eigenvalue weighted by atomic mass is 15.4. The first-order chi connectivity index (χ1) is 10.2. The van der Waals surface area contributed by atoms with Crippen LogP contribution in [0.15, 0.2) is 6.07 Å². The molecule has 0 saturated carbocycles. The van der Waals surface area contributed by atoms with Gasteiger partial charge in [0.05, 0.1) is 5.69 Å². The maximum Gasteiger partial charge on any atom is 0.160 e. The summed E-state index contributed by atoms with van der Waals surface area (Å²) in [4.78, 5) is 7.29. The molecule has 2 fully saturated rings. The van der Waals surface area contributed by atoms with E-state index in [-0.39, 0.29) is 0 Å². The van der Waals surface area contributed by atoms with Crippen molar-refractivity contribution in [3.8, 4) is 0 Å². The predicted molar refractivity (Wildman–Crippen MR) is 83.9 cm³/mol. The van der Waals surface area contributed by atoms with Gasteiger partial charge in [-0.25, -0.2) is 4.98 Å². The van der Waals surface area contributed by atoms with Crippen molar-refractivity contribution in [3.05, 3.63) is 23.0 Å². The van der Waals surface area contributed by atoms with Gasteiger partial charge in [-0.15, -0.1) is 0 Å². The van der Waals surface area contributed by atoms with E-state index in [0.29, 0.717) is 0 Å². The van der Waals surface area contributed by atoms with E-state index in [1.165, 1.54) is 11.4 Å². The summed E-state index contributed by atoms with van der Waals surface area (Å²) in [7, 11) is 0. The molecule has 2 aromatic heterocycles. The van der Waals surface area contributed by atoms with E-state index in [1.54, 1.807) is 0 Å². The van der Waals surface area contributed by atoms with Gasteiger partial charge in [0, 0.05) is 43.5 Å². The summed E-state index contributed by atoms with van der Waals surface area (Å²) >= 11 is 0. The molecule has 2 aliphatic rings. The second-order valence-electron chi connectivity index (χ2n) is 6.49. The summed E-state index contributed by atoms with van der Waals surface area (Å²) in [6.07, 6.45) is 0.968. The second kappa shape index (κ2) is 4.70. The molecule has 0 radical (unpaired) electrons. The molecule has 21 heavy (non-hydrogen) atoms. The Morgan fingerprint density at radius 2 is 1.95 bits per heavy atom. The third-order valence-electron chi connectivity index (χ3n) is 5.17. The summed E-state index contributed by atoms with van der Waals surface area (Å²) in [6, 6.07) is 2.23. The van der Waals surface area contributed by atoms with Crippen LogP contribution >= 0.6 is 0 Å². The summed E-state index contributed by atoms with van der Waals surface area (Å²) in [6.45, 7) is 11.0. The van der Waals surface area contributed by atoms with E-state index in [1.807, 2.05) is 0 Å². The van der Waals surface area contributed by atoms with Gasteiger partial charge in [-0.05, 0) is 32.1 Å². The highest BCUT2D eigenvalue weighted by Crippen LogP contribution is 2.31. The van der Waals surface area contributed by atoms with Crippen molar-refractivity contribution >= 4 is 11.5 Å². The zero-order valence-corrected chi connectivity index (χ0v) is 13.1. The molecule has 0 unspecified atom stereocenters. The number of nitrogens with zero attached hydrogens (tertiary/aromatic N) is 4. The molecular formula is C16H23N5. The fourth-order valence-electron chi connectivity index (χ4n) is 3.71. The number of hydrogen-bond donors (Lipinski definition) is 1. The molecule has 5 heteroatoms. The molecule has 0 aliphatic carbocycles. The number of aromatic nitrogens is 3. The molecule has 1 N–H and O–H groups in total. The number of aryl methyl sites for hydroxylation is 3. The number of anilines is 1. The van der Waals surface area contributed by atoms with Gasteiger partial charge in [-0.3, -0.25) is 0 Å². The minimum atomic E-state index is 0.788. The number of hydrogen-bond acceptors (Lipinski definition) is 4. The molecule has 4 rings (SSSR count). The van der Waals surface area contributed by atoms with Crippen LogP contribution in [0.5, 0.6) is 0 Å². The van der Waals surface area contributed by atoms with Crippen molar-refractivity contribution < 1.29 is 0 Å². The van der Waals surface area contributed by atoms with Crippen LogP contribution in [-0.4, -0.2) is 40.8 Å². The first kappa shape index (κ1) is 13.1. The third kappa shape index (κ3) is 1.94. The zero-order valence-electron chi connectivity index (χ0n) is 13.1. The van der Waals surface area contributed by atoms with Gasteiger partial charge in [-0.2, -0.15) is 9.61 Å². The van der Waals surface area contributed by atoms with Crippen LogP contribution in [0.1, 0.15) is 23.9 Å². The topological polar surface area (TPSA) is 45.5 Å². The molecule has 2 aromatic rings. The Balaban J connectivity index is 1.82. The van der Waals surface area contributed by atoms with Crippen LogP contribution < -0.4 is 10.2 Å². The van der Waals surface area contributed by atoms with Gasteiger partial charge < -0.3 is 10.2 Å². The van der Waals surface area contributed by atoms with Crippen LogP contribution in [0.4, 0.5) is 5.82 Å². The Labute approximate surface area is 125 Å². The smallest absolute Gasteiger partial charge is 0.160 e. The van der Waals surface area contributed by atoms with Crippen molar-refractivity contribution in [3.63, 3.8) is 0 Å². The fraction of sp³-hybridized carbons (Fsp3) is 0.625. The average Bonchev–Trinajstić information content (AvgIpc) is 3.13. The van der Waals surface area contributed by atoms with Gasteiger partial charge in [0.15, 0.2) is 5.65 Å². The Morgan fingerprint density at radius 1 is 1.24 bits per heavy atom. The Kier molecular flexibility index (Phi) is 2.92. The van der Waals surface area contributed by atoms with Gasteiger partial charge in [-0.1, -0.05) is 6.92 Å². The summed E-state index contributed by atoms with van der Waals surface area (Å²) < 4.78 is 2.05. The molecule has 2 atom stereocenters. The minimum absolute atomic E-state index is 0.788. The van der Waals surface area contributed by atoms with Gasteiger partial charge in [0.25, 0.3) is 0 Å². The van der Waals surface area contributed by atoms with Gasteiger partial charge in [0.2, 0.25) is 0 Å². The predicted octanol–water partition coefficient (Wildman–Crippen LogP) is 1.56. The second-order valence-corrected chi connectivity index (χ2v) is 6.49. The minimum Gasteiger partial charge on any atom is -0.356 e. The van der Waals surface area contributed by atoms with Crippen molar-refractivity contribution in [2.45, 2.75) is 27.2 Å². The van der Waals surface area contributed by atoms with Crippen LogP contribution in [0.3, 0.4) is 0 Å².